The number of carbonyl (C=O) groups is 4. The first-order valence-electron chi connectivity index (χ1n) is 9.72. The van der Waals surface area contributed by atoms with Crippen LogP contribution in [0.25, 0.3) is 0 Å². The number of rotatable bonds is 8. The number of esters is 4. The molecule has 2 rings (SSSR count). The van der Waals surface area contributed by atoms with Crippen LogP contribution in [0.5, 0.6) is 5.75 Å². The fraction of sp³-hybridized carbons (Fsp3) is 0.524. The molecule has 0 amide bonds. The van der Waals surface area contributed by atoms with Gasteiger partial charge in [0.05, 0.1) is 0 Å². The van der Waals surface area contributed by atoms with Crippen LogP contribution in [0.4, 0.5) is 0 Å². The van der Waals surface area contributed by atoms with Crippen molar-refractivity contribution in [1.82, 2.24) is 0 Å². The van der Waals surface area contributed by atoms with Gasteiger partial charge < -0.3 is 0 Å². The Bertz CT molecular complexity index is 824. The van der Waals surface area contributed by atoms with Gasteiger partial charge in [-0.1, -0.05) is 0 Å². The average molecular weight is 566 g/mol. The van der Waals surface area contributed by atoms with Crippen LogP contribution in [0.3, 0.4) is 0 Å². The molecule has 32 heavy (non-hydrogen) atoms. The molecule has 0 spiro atoms. The summed E-state index contributed by atoms with van der Waals surface area (Å²) in [5.41, 5.74) is 0. The van der Waals surface area contributed by atoms with E-state index in [1.807, 2.05) is 12.1 Å². The Kier molecular flexibility index (Phi) is 9.75. The van der Waals surface area contributed by atoms with Crippen LogP contribution in [-0.2, 0) is 42.9 Å². The number of hydrogen-bond acceptors (Lipinski definition) is 10. The standard InChI is InChI=1S/C21H26O10Te/c1-11(22)27-10-17-18(28-12(2)23)19(29-13(3)24)20(30-14(4)25)21(31-17)32-16-8-6-15(26-5)7-9-16/h6-9,17-21H,10H2,1-5H3/t17-,18-,19+,20-,21+/m1/s1. The minimum absolute atomic E-state index is 0.232. The first kappa shape index (κ1) is 25.9. The van der Waals surface area contributed by atoms with Crippen molar-refractivity contribution >= 4 is 48.4 Å². The van der Waals surface area contributed by atoms with Crippen LogP contribution in [0.2, 0.25) is 0 Å². The van der Waals surface area contributed by atoms with Crippen LogP contribution in [0.15, 0.2) is 24.3 Å². The molecule has 0 aromatic heterocycles. The minimum atomic E-state index is -1.18. The molecule has 1 aliphatic rings. The molecule has 1 aromatic carbocycles. The number of carbonyl (C=O) groups excluding carboxylic acids is 4. The van der Waals surface area contributed by atoms with E-state index in [9.17, 15) is 19.2 Å². The van der Waals surface area contributed by atoms with E-state index in [0.717, 1.165) is 3.61 Å². The molecule has 1 fully saturated rings. The van der Waals surface area contributed by atoms with Gasteiger partial charge in [0, 0.05) is 0 Å². The molecule has 0 aliphatic carbocycles. The third-order valence-corrected chi connectivity index (χ3v) is 7.56. The second kappa shape index (κ2) is 12.0. The zero-order valence-corrected chi connectivity index (χ0v) is 20.7. The van der Waals surface area contributed by atoms with Crippen LogP contribution < -0.4 is 8.35 Å². The third kappa shape index (κ3) is 7.65. The summed E-state index contributed by atoms with van der Waals surface area (Å²) in [7, 11) is 1.56. The van der Waals surface area contributed by atoms with Gasteiger partial charge in [-0.3, -0.25) is 0 Å². The molecular formula is C21H26O10Te. The molecule has 0 N–H and O–H groups in total. The maximum atomic E-state index is 11.9. The van der Waals surface area contributed by atoms with E-state index in [2.05, 4.69) is 0 Å². The van der Waals surface area contributed by atoms with Gasteiger partial charge in [0.25, 0.3) is 0 Å². The van der Waals surface area contributed by atoms with Crippen molar-refractivity contribution in [2.75, 3.05) is 13.7 Å². The molecular weight excluding hydrogens is 540 g/mol. The summed E-state index contributed by atoms with van der Waals surface area (Å²) in [6, 6.07) is 7.33. The Morgan fingerprint density at radius 2 is 1.34 bits per heavy atom. The molecule has 176 valence electrons. The van der Waals surface area contributed by atoms with Crippen LogP contribution in [0.1, 0.15) is 27.7 Å². The SMILES string of the molecule is COc1ccc([Te][C@@H]2O[C@H](COC(C)=O)[C@@H](OC(C)=O)[C@H](OC(C)=O)[C@H]2OC(C)=O)cc1. The summed E-state index contributed by atoms with van der Waals surface area (Å²) >= 11 is -1.18. The predicted octanol–water partition coefficient (Wildman–Crippen LogP) is 0.108. The van der Waals surface area contributed by atoms with Gasteiger partial charge >= 0.3 is 196 Å². The number of ether oxygens (including phenoxy) is 6. The van der Waals surface area contributed by atoms with E-state index in [-0.39, 0.29) is 6.61 Å². The Morgan fingerprint density at radius 3 is 1.84 bits per heavy atom. The summed E-state index contributed by atoms with van der Waals surface area (Å²) in [6.45, 7) is 4.61. The first-order valence-corrected chi connectivity index (χ1v) is 12.2. The molecule has 0 saturated carbocycles. The van der Waals surface area contributed by atoms with Crippen molar-refractivity contribution in [1.29, 1.82) is 0 Å². The molecule has 0 radical (unpaired) electrons. The van der Waals surface area contributed by atoms with Crippen LogP contribution >= 0.6 is 0 Å². The molecule has 10 nitrogen and oxygen atoms in total. The topological polar surface area (TPSA) is 124 Å². The monoisotopic (exact) mass is 568 g/mol. The zero-order chi connectivity index (χ0) is 23.8. The Labute approximate surface area is 195 Å². The van der Waals surface area contributed by atoms with Crippen molar-refractivity contribution in [3.05, 3.63) is 24.3 Å². The van der Waals surface area contributed by atoms with Gasteiger partial charge in [-0.25, -0.2) is 0 Å². The van der Waals surface area contributed by atoms with E-state index in [1.54, 1.807) is 19.2 Å². The van der Waals surface area contributed by atoms with Crippen molar-refractivity contribution in [3.8, 4) is 5.75 Å². The van der Waals surface area contributed by atoms with Crippen LogP contribution in [-0.4, -0.2) is 87.1 Å². The quantitative estimate of drug-likeness (QED) is 0.244. The van der Waals surface area contributed by atoms with Crippen molar-refractivity contribution in [3.63, 3.8) is 0 Å². The first-order chi connectivity index (χ1) is 15.1. The van der Waals surface area contributed by atoms with E-state index in [1.165, 1.54) is 27.7 Å². The summed E-state index contributed by atoms with van der Waals surface area (Å²) in [4.78, 5) is 46.8. The van der Waals surface area contributed by atoms with Crippen molar-refractivity contribution < 1.29 is 47.6 Å². The van der Waals surface area contributed by atoms with Gasteiger partial charge in [0.15, 0.2) is 0 Å². The van der Waals surface area contributed by atoms with Gasteiger partial charge in [0.1, 0.15) is 0 Å². The number of methoxy groups -OCH3 is 1. The maximum absolute atomic E-state index is 11.9. The molecule has 11 heteroatoms. The van der Waals surface area contributed by atoms with E-state index in [0.29, 0.717) is 5.75 Å². The Balaban J connectivity index is 2.42. The van der Waals surface area contributed by atoms with Gasteiger partial charge in [-0.05, 0) is 0 Å². The van der Waals surface area contributed by atoms with E-state index >= 15 is 0 Å². The van der Waals surface area contributed by atoms with E-state index < -0.39 is 73.4 Å². The fourth-order valence-electron chi connectivity index (χ4n) is 3.07. The zero-order valence-electron chi connectivity index (χ0n) is 18.4. The number of hydrogen-bond donors (Lipinski definition) is 0. The molecule has 5 atom stereocenters. The molecule has 1 aliphatic heterocycles. The Hall–Kier alpha value is -2.35. The third-order valence-electron chi connectivity index (χ3n) is 4.26. The summed E-state index contributed by atoms with van der Waals surface area (Å²) in [5.74, 6) is -1.79. The van der Waals surface area contributed by atoms with Crippen molar-refractivity contribution in [2.24, 2.45) is 0 Å². The molecule has 0 bridgehead atoms. The molecule has 1 heterocycles. The number of benzene rings is 1. The van der Waals surface area contributed by atoms with Gasteiger partial charge in [-0.15, -0.1) is 0 Å². The average Bonchev–Trinajstić information content (AvgIpc) is 2.70. The van der Waals surface area contributed by atoms with Crippen LogP contribution in [0, 0.1) is 0 Å². The summed E-state index contributed by atoms with van der Waals surface area (Å²) in [6.07, 6.45) is -4.21. The van der Waals surface area contributed by atoms with Gasteiger partial charge in [-0.2, -0.15) is 0 Å². The fourth-order valence-corrected chi connectivity index (χ4v) is 6.22. The second-order valence-electron chi connectivity index (χ2n) is 6.86. The summed E-state index contributed by atoms with van der Waals surface area (Å²) < 4.78 is 33.0. The normalized spacial score (nSPS) is 24.7. The van der Waals surface area contributed by atoms with E-state index in [4.69, 9.17) is 28.4 Å². The molecule has 0 unspecified atom stereocenters. The molecule has 1 saturated heterocycles. The predicted molar refractivity (Wildman–Crippen MR) is 110 cm³/mol. The van der Waals surface area contributed by atoms with Gasteiger partial charge in [0.2, 0.25) is 0 Å². The molecule has 1 aromatic rings. The summed E-state index contributed by atoms with van der Waals surface area (Å²) in [5, 5.41) is 0. The Morgan fingerprint density at radius 1 is 0.812 bits per heavy atom. The van der Waals surface area contributed by atoms with Crippen molar-refractivity contribution in [2.45, 2.75) is 56.3 Å². The second-order valence-corrected chi connectivity index (χ2v) is 10.2.